The summed E-state index contributed by atoms with van der Waals surface area (Å²) in [5, 5.41) is 13.2. The molecule has 0 aliphatic carbocycles. The van der Waals surface area contributed by atoms with Gasteiger partial charge >= 0.3 is 0 Å². The lowest BCUT2D eigenvalue weighted by Crippen LogP contribution is -2.31. The first-order valence-electron chi connectivity index (χ1n) is 9.18. The second-order valence-electron chi connectivity index (χ2n) is 7.35. The molecule has 4 atom stereocenters. The van der Waals surface area contributed by atoms with Crippen LogP contribution < -0.4 is 10.1 Å². The number of carbonyl (C=O) groups is 2. The van der Waals surface area contributed by atoms with Crippen LogP contribution in [-0.4, -0.2) is 41.7 Å². The number of hydrogen-bond acceptors (Lipinski definition) is 5. The number of amides is 1. The Balaban J connectivity index is 1.60. The molecule has 2 saturated heterocycles. The van der Waals surface area contributed by atoms with Gasteiger partial charge in [0.05, 0.1) is 12.1 Å². The minimum atomic E-state index is -0.629. The van der Waals surface area contributed by atoms with Crippen LogP contribution in [0, 0.1) is 5.92 Å². The number of benzene rings is 1. The fourth-order valence-electron chi connectivity index (χ4n) is 3.69. The molecule has 4 bridgehead atoms. The van der Waals surface area contributed by atoms with Gasteiger partial charge in [-0.25, -0.2) is 0 Å². The number of fused-ring (bicyclic) bond motifs is 7. The maximum atomic E-state index is 12.6. The summed E-state index contributed by atoms with van der Waals surface area (Å²) in [5.74, 6) is -0.362. The number of hydrogen-bond donors (Lipinski definition) is 2. The number of allylic oxidation sites excluding steroid dienone is 1. The molecule has 0 aromatic heterocycles. The third-order valence-electron chi connectivity index (χ3n) is 5.41. The van der Waals surface area contributed by atoms with E-state index in [1.807, 2.05) is 31.2 Å². The summed E-state index contributed by atoms with van der Waals surface area (Å²) >= 11 is 0. The molecule has 0 radical (unpaired) electrons. The number of epoxide rings is 1. The standard InChI is InChI=1S/C20H23NO5/c1-11-3-2-4-15-16(26-15)10-25-13-7-5-12(6-8-13)9-14-19(23)17(18(11)22)20(24)21-14/h5-8,11,14-16,22H,2-4,9-10H2,1H3,(H,21,24)/b18-17-/t11-,14+,15+,16+/m1/s1. The fraction of sp³-hybridized carbons (Fsp3) is 0.500. The highest BCUT2D eigenvalue weighted by atomic mass is 16.6. The van der Waals surface area contributed by atoms with Crippen molar-refractivity contribution in [3.05, 3.63) is 41.2 Å². The smallest absolute Gasteiger partial charge is 0.259 e. The van der Waals surface area contributed by atoms with Gasteiger partial charge < -0.3 is 19.9 Å². The van der Waals surface area contributed by atoms with Crippen molar-refractivity contribution in [2.24, 2.45) is 5.92 Å². The number of ketones is 1. The molecule has 26 heavy (non-hydrogen) atoms. The van der Waals surface area contributed by atoms with E-state index in [-0.39, 0.29) is 35.2 Å². The second-order valence-corrected chi connectivity index (χ2v) is 7.35. The molecular formula is C20H23NO5. The topological polar surface area (TPSA) is 88.2 Å². The summed E-state index contributed by atoms with van der Waals surface area (Å²) in [7, 11) is 0. The Bertz CT molecular complexity index is 754. The molecule has 4 heterocycles. The molecule has 2 fully saturated rings. The number of carbonyl (C=O) groups excluding carboxylic acids is 2. The van der Waals surface area contributed by atoms with Gasteiger partial charge in [0.2, 0.25) is 0 Å². The summed E-state index contributed by atoms with van der Waals surface area (Å²) in [6, 6.07) is 6.88. The van der Waals surface area contributed by atoms with E-state index in [0.29, 0.717) is 19.4 Å². The van der Waals surface area contributed by atoms with Crippen molar-refractivity contribution in [1.82, 2.24) is 5.32 Å². The number of nitrogens with one attached hydrogen (secondary N) is 1. The largest absolute Gasteiger partial charge is 0.511 e. The van der Waals surface area contributed by atoms with E-state index in [1.54, 1.807) is 0 Å². The van der Waals surface area contributed by atoms with Crippen LogP contribution in [0.15, 0.2) is 35.6 Å². The minimum Gasteiger partial charge on any atom is -0.511 e. The summed E-state index contributed by atoms with van der Waals surface area (Å²) in [6.07, 6.45) is 3.13. The van der Waals surface area contributed by atoms with E-state index >= 15 is 0 Å². The monoisotopic (exact) mass is 357 g/mol. The molecule has 0 spiro atoms. The molecule has 6 heteroatoms. The Kier molecular flexibility index (Phi) is 4.44. The van der Waals surface area contributed by atoms with Crippen molar-refractivity contribution in [2.45, 2.75) is 50.9 Å². The molecule has 6 nitrogen and oxygen atoms in total. The Hall–Kier alpha value is -2.34. The highest BCUT2D eigenvalue weighted by Crippen LogP contribution is 2.31. The number of ether oxygens (including phenoxy) is 2. The van der Waals surface area contributed by atoms with Crippen LogP contribution in [0.1, 0.15) is 31.7 Å². The minimum absolute atomic E-state index is 0.0766. The number of aliphatic hydroxyl groups is 1. The third-order valence-corrected chi connectivity index (χ3v) is 5.41. The molecule has 1 amide bonds. The maximum Gasteiger partial charge on any atom is 0.259 e. The van der Waals surface area contributed by atoms with Gasteiger partial charge in [-0.2, -0.15) is 0 Å². The molecular weight excluding hydrogens is 334 g/mol. The van der Waals surface area contributed by atoms with Crippen LogP contribution >= 0.6 is 0 Å². The van der Waals surface area contributed by atoms with Crippen LogP contribution in [0.4, 0.5) is 0 Å². The first kappa shape index (κ1) is 17.1. The first-order valence-corrected chi connectivity index (χ1v) is 9.18. The second kappa shape index (κ2) is 6.76. The predicted molar refractivity (Wildman–Crippen MR) is 93.9 cm³/mol. The number of aliphatic hydroxyl groups excluding tert-OH is 1. The van der Waals surface area contributed by atoms with Gasteiger partial charge in [-0.3, -0.25) is 9.59 Å². The van der Waals surface area contributed by atoms with Crippen LogP contribution in [0.5, 0.6) is 5.75 Å². The zero-order chi connectivity index (χ0) is 18.3. The van der Waals surface area contributed by atoms with E-state index < -0.39 is 11.9 Å². The third kappa shape index (κ3) is 3.33. The highest BCUT2D eigenvalue weighted by Gasteiger charge is 2.40. The normalized spacial score (nSPS) is 34.7. The van der Waals surface area contributed by atoms with Gasteiger partial charge in [-0.15, -0.1) is 0 Å². The van der Waals surface area contributed by atoms with Gasteiger partial charge in [0.15, 0.2) is 5.78 Å². The summed E-state index contributed by atoms with van der Waals surface area (Å²) in [4.78, 5) is 24.9. The average molecular weight is 357 g/mol. The lowest BCUT2D eigenvalue weighted by Gasteiger charge is -2.12. The molecule has 0 unspecified atom stereocenters. The number of rotatable bonds is 0. The lowest BCUT2D eigenvalue weighted by molar-refractivity contribution is -0.117. The van der Waals surface area contributed by atoms with Crippen molar-refractivity contribution in [3.8, 4) is 5.75 Å². The van der Waals surface area contributed by atoms with Gasteiger partial charge in [0.25, 0.3) is 5.91 Å². The van der Waals surface area contributed by atoms with Crippen molar-refractivity contribution < 1.29 is 24.2 Å². The zero-order valence-electron chi connectivity index (χ0n) is 14.7. The maximum absolute atomic E-state index is 12.6. The van der Waals surface area contributed by atoms with Gasteiger partial charge in [-0.05, 0) is 30.5 Å². The average Bonchev–Trinajstić information content (AvgIpc) is 3.31. The SMILES string of the molecule is C[C@@H]1CCC[C@@H]2O[C@H]2COc2ccc(cc2)C[C@@H]2NC(=O)/C(=C/1O)C2=O. The van der Waals surface area contributed by atoms with Crippen LogP contribution in [0.2, 0.25) is 0 Å². The van der Waals surface area contributed by atoms with Crippen molar-refractivity contribution in [3.63, 3.8) is 0 Å². The summed E-state index contributed by atoms with van der Waals surface area (Å²) in [6.45, 7) is 2.38. The van der Waals surface area contributed by atoms with E-state index in [0.717, 1.165) is 24.2 Å². The van der Waals surface area contributed by atoms with E-state index in [1.165, 1.54) is 0 Å². The number of Topliss-reactive ketones (excluding diaryl/α,β-unsaturated/α-hetero) is 1. The summed E-state index contributed by atoms with van der Waals surface area (Å²) in [5.41, 5.74) is 0.849. The molecule has 0 saturated carbocycles. The molecule has 2 N–H and O–H groups in total. The zero-order valence-corrected chi connectivity index (χ0v) is 14.7. The van der Waals surface area contributed by atoms with Crippen molar-refractivity contribution >= 4 is 11.7 Å². The predicted octanol–water partition coefficient (Wildman–Crippen LogP) is 2.07. The highest BCUT2D eigenvalue weighted by molar-refractivity contribution is 6.26. The quantitative estimate of drug-likeness (QED) is 0.548. The first-order chi connectivity index (χ1) is 12.5. The Labute approximate surface area is 152 Å². The van der Waals surface area contributed by atoms with Crippen LogP contribution in [0.25, 0.3) is 0 Å². The van der Waals surface area contributed by atoms with Gasteiger partial charge in [0, 0.05) is 12.3 Å². The van der Waals surface area contributed by atoms with Crippen LogP contribution in [0.3, 0.4) is 0 Å². The molecule has 138 valence electrons. The van der Waals surface area contributed by atoms with Crippen molar-refractivity contribution in [2.75, 3.05) is 6.61 Å². The molecule has 1 aromatic carbocycles. The molecule has 4 aliphatic heterocycles. The van der Waals surface area contributed by atoms with E-state index in [2.05, 4.69) is 5.32 Å². The van der Waals surface area contributed by atoms with E-state index in [9.17, 15) is 14.7 Å². The molecule has 1 aromatic rings. The molecule has 5 rings (SSSR count). The van der Waals surface area contributed by atoms with Gasteiger partial charge in [0.1, 0.15) is 29.8 Å². The molecule has 4 aliphatic rings. The van der Waals surface area contributed by atoms with Crippen LogP contribution in [-0.2, 0) is 20.7 Å². The Morgan fingerprint density at radius 2 is 1.88 bits per heavy atom. The van der Waals surface area contributed by atoms with Gasteiger partial charge in [-0.1, -0.05) is 25.5 Å². The Morgan fingerprint density at radius 1 is 1.12 bits per heavy atom. The Morgan fingerprint density at radius 3 is 2.65 bits per heavy atom. The fourth-order valence-corrected chi connectivity index (χ4v) is 3.69. The lowest BCUT2D eigenvalue weighted by atomic mass is 9.94. The van der Waals surface area contributed by atoms with Crippen molar-refractivity contribution in [1.29, 1.82) is 0 Å². The van der Waals surface area contributed by atoms with E-state index in [4.69, 9.17) is 9.47 Å². The summed E-state index contributed by atoms with van der Waals surface area (Å²) < 4.78 is 11.4.